The first-order valence-corrected chi connectivity index (χ1v) is 13.1. The van der Waals surface area contributed by atoms with Crippen LogP contribution in [0.4, 0.5) is 11.4 Å². The number of anilines is 2. The van der Waals surface area contributed by atoms with Crippen LogP contribution in [0.2, 0.25) is 0 Å². The van der Waals surface area contributed by atoms with Crippen molar-refractivity contribution in [2.75, 3.05) is 5.32 Å². The summed E-state index contributed by atoms with van der Waals surface area (Å²) in [5, 5.41) is 9.00. The van der Waals surface area contributed by atoms with Gasteiger partial charge in [-0.05, 0) is 74.8 Å². The Balaban J connectivity index is 1.59. The molecule has 1 nitrogen and oxygen atoms in total. The Hall–Kier alpha value is -4.36. The predicted molar refractivity (Wildman–Crippen MR) is 158 cm³/mol. The molecular formula is C36H29N. The van der Waals surface area contributed by atoms with Gasteiger partial charge in [0.1, 0.15) is 0 Å². The van der Waals surface area contributed by atoms with E-state index in [1.54, 1.807) is 0 Å². The summed E-state index contributed by atoms with van der Waals surface area (Å²) < 4.78 is 0. The molecule has 0 atom stereocenters. The molecule has 0 radical (unpaired) electrons. The minimum absolute atomic E-state index is 0.0463. The SMILES string of the molecule is CC1(C)c2ccccc2-c2cc3c(Cc4ccccc4)c4ccccc4c(Nc4ccccc4)c3cc21. The van der Waals surface area contributed by atoms with Crippen LogP contribution in [0.1, 0.15) is 36.1 Å². The third kappa shape index (κ3) is 3.46. The van der Waals surface area contributed by atoms with Crippen molar-refractivity contribution in [1.29, 1.82) is 0 Å². The van der Waals surface area contributed by atoms with Crippen molar-refractivity contribution >= 4 is 32.9 Å². The van der Waals surface area contributed by atoms with E-state index in [1.807, 2.05) is 0 Å². The number of hydrogen-bond donors (Lipinski definition) is 1. The summed E-state index contributed by atoms with van der Waals surface area (Å²) in [5.74, 6) is 0. The minimum Gasteiger partial charge on any atom is -0.355 e. The Labute approximate surface area is 218 Å². The van der Waals surface area contributed by atoms with Gasteiger partial charge in [0.15, 0.2) is 0 Å². The molecule has 0 bridgehead atoms. The van der Waals surface area contributed by atoms with E-state index < -0.39 is 0 Å². The van der Waals surface area contributed by atoms with Crippen molar-refractivity contribution < 1.29 is 0 Å². The van der Waals surface area contributed by atoms with Crippen molar-refractivity contribution in [3.63, 3.8) is 0 Å². The number of rotatable bonds is 4. The molecule has 0 unspecified atom stereocenters. The Morgan fingerprint density at radius 3 is 1.97 bits per heavy atom. The maximum absolute atomic E-state index is 3.82. The topological polar surface area (TPSA) is 12.0 Å². The summed E-state index contributed by atoms with van der Waals surface area (Å²) in [5.41, 5.74) is 10.5. The molecule has 1 N–H and O–H groups in total. The zero-order valence-corrected chi connectivity index (χ0v) is 21.3. The van der Waals surface area contributed by atoms with Crippen LogP contribution in [0.15, 0.2) is 121 Å². The lowest BCUT2D eigenvalue weighted by atomic mass is 9.81. The molecule has 0 heterocycles. The lowest BCUT2D eigenvalue weighted by Gasteiger charge is -2.24. The van der Waals surface area contributed by atoms with Crippen LogP contribution in [0.3, 0.4) is 0 Å². The first kappa shape index (κ1) is 21.9. The van der Waals surface area contributed by atoms with Gasteiger partial charge in [-0.1, -0.05) is 111 Å². The first-order chi connectivity index (χ1) is 18.1. The molecule has 0 saturated heterocycles. The smallest absolute Gasteiger partial charge is 0.0543 e. The van der Waals surface area contributed by atoms with Crippen LogP contribution < -0.4 is 5.32 Å². The van der Waals surface area contributed by atoms with Gasteiger partial charge in [-0.15, -0.1) is 0 Å². The van der Waals surface area contributed by atoms with Crippen molar-refractivity contribution in [2.24, 2.45) is 0 Å². The molecule has 6 aromatic carbocycles. The second-order valence-corrected chi connectivity index (χ2v) is 10.7. The molecule has 0 spiro atoms. The van der Waals surface area contributed by atoms with E-state index in [1.165, 1.54) is 60.6 Å². The average Bonchev–Trinajstić information content (AvgIpc) is 3.17. The summed E-state index contributed by atoms with van der Waals surface area (Å²) >= 11 is 0. The summed E-state index contributed by atoms with van der Waals surface area (Å²) in [4.78, 5) is 0. The van der Waals surface area contributed by atoms with Crippen LogP contribution >= 0.6 is 0 Å². The molecule has 37 heavy (non-hydrogen) atoms. The minimum atomic E-state index is -0.0463. The van der Waals surface area contributed by atoms with Gasteiger partial charge in [-0.3, -0.25) is 0 Å². The Kier molecular flexibility index (Phi) is 4.94. The van der Waals surface area contributed by atoms with Crippen molar-refractivity contribution in [3.8, 4) is 11.1 Å². The van der Waals surface area contributed by atoms with E-state index in [0.29, 0.717) is 0 Å². The van der Waals surface area contributed by atoms with E-state index in [2.05, 4.69) is 140 Å². The summed E-state index contributed by atoms with van der Waals surface area (Å²) in [6, 6.07) is 44.1. The Morgan fingerprint density at radius 1 is 0.541 bits per heavy atom. The van der Waals surface area contributed by atoms with E-state index in [9.17, 15) is 0 Å². The van der Waals surface area contributed by atoms with Gasteiger partial charge in [0.05, 0.1) is 5.69 Å². The molecule has 1 aliphatic carbocycles. The molecule has 0 fully saturated rings. The molecule has 178 valence electrons. The Bertz CT molecular complexity index is 1780. The van der Waals surface area contributed by atoms with Gasteiger partial charge >= 0.3 is 0 Å². The molecule has 0 aliphatic heterocycles. The average molecular weight is 476 g/mol. The highest BCUT2D eigenvalue weighted by molar-refractivity contribution is 6.16. The summed E-state index contributed by atoms with van der Waals surface area (Å²) in [7, 11) is 0. The highest BCUT2D eigenvalue weighted by Gasteiger charge is 2.36. The maximum atomic E-state index is 3.82. The van der Waals surface area contributed by atoms with Crippen LogP contribution in [0.25, 0.3) is 32.7 Å². The monoisotopic (exact) mass is 475 g/mol. The van der Waals surface area contributed by atoms with Crippen LogP contribution in [-0.4, -0.2) is 0 Å². The second kappa shape index (κ2) is 8.35. The van der Waals surface area contributed by atoms with Gasteiger partial charge in [-0.25, -0.2) is 0 Å². The number of benzene rings is 6. The highest BCUT2D eigenvalue weighted by atomic mass is 14.9. The lowest BCUT2D eigenvalue weighted by Crippen LogP contribution is -2.15. The van der Waals surface area contributed by atoms with Crippen LogP contribution in [-0.2, 0) is 11.8 Å². The van der Waals surface area contributed by atoms with E-state index in [0.717, 1.165) is 12.1 Å². The molecule has 0 aromatic heterocycles. The molecular weight excluding hydrogens is 446 g/mol. The fourth-order valence-electron chi connectivity index (χ4n) is 6.25. The van der Waals surface area contributed by atoms with Crippen molar-refractivity contribution in [3.05, 3.63) is 144 Å². The zero-order chi connectivity index (χ0) is 25.0. The second-order valence-electron chi connectivity index (χ2n) is 10.7. The third-order valence-electron chi connectivity index (χ3n) is 8.10. The number of fused-ring (bicyclic) bond motifs is 5. The van der Waals surface area contributed by atoms with Gasteiger partial charge in [0.25, 0.3) is 0 Å². The fourth-order valence-corrected chi connectivity index (χ4v) is 6.25. The third-order valence-corrected chi connectivity index (χ3v) is 8.10. The lowest BCUT2D eigenvalue weighted by molar-refractivity contribution is 0.661. The van der Waals surface area contributed by atoms with Gasteiger partial charge in [0.2, 0.25) is 0 Å². The van der Waals surface area contributed by atoms with Gasteiger partial charge in [0, 0.05) is 21.9 Å². The van der Waals surface area contributed by atoms with E-state index >= 15 is 0 Å². The first-order valence-electron chi connectivity index (χ1n) is 13.1. The highest BCUT2D eigenvalue weighted by Crippen LogP contribution is 2.52. The Morgan fingerprint density at radius 2 is 1.19 bits per heavy atom. The predicted octanol–water partition coefficient (Wildman–Crippen LogP) is 9.63. The van der Waals surface area contributed by atoms with Gasteiger partial charge in [-0.2, -0.15) is 0 Å². The number of nitrogens with one attached hydrogen (secondary N) is 1. The molecule has 1 aliphatic rings. The van der Waals surface area contributed by atoms with Gasteiger partial charge < -0.3 is 5.32 Å². The maximum Gasteiger partial charge on any atom is 0.0543 e. The standard InChI is InChI=1S/C36H29N/c1-36(2)33-20-12-11-18-27(33)31-22-30-29(21-24-13-5-3-6-14-24)26-17-9-10-19-28(26)35(32(30)23-34(31)36)37-25-15-7-4-8-16-25/h3-20,22-23,37H,21H2,1-2H3. The summed E-state index contributed by atoms with van der Waals surface area (Å²) in [6.07, 6.45) is 0.896. The number of para-hydroxylation sites is 1. The largest absolute Gasteiger partial charge is 0.355 e. The molecule has 0 saturated carbocycles. The molecule has 1 heteroatoms. The molecule has 6 aromatic rings. The van der Waals surface area contributed by atoms with E-state index in [4.69, 9.17) is 0 Å². The molecule has 0 amide bonds. The van der Waals surface area contributed by atoms with Crippen LogP contribution in [0, 0.1) is 0 Å². The number of hydrogen-bond acceptors (Lipinski definition) is 1. The van der Waals surface area contributed by atoms with E-state index in [-0.39, 0.29) is 5.41 Å². The summed E-state index contributed by atoms with van der Waals surface area (Å²) in [6.45, 7) is 4.72. The van der Waals surface area contributed by atoms with Crippen LogP contribution in [0.5, 0.6) is 0 Å². The molecule has 7 rings (SSSR count). The van der Waals surface area contributed by atoms with Crippen molar-refractivity contribution in [1.82, 2.24) is 0 Å². The fraction of sp³-hybridized carbons (Fsp3) is 0.111. The normalized spacial score (nSPS) is 13.5. The zero-order valence-electron chi connectivity index (χ0n) is 21.3. The quantitative estimate of drug-likeness (QED) is 0.250. The van der Waals surface area contributed by atoms with Crippen molar-refractivity contribution in [2.45, 2.75) is 25.7 Å².